The molecule has 6 nitrogen and oxygen atoms in total. The predicted molar refractivity (Wildman–Crippen MR) is 71.3 cm³/mol. The first-order chi connectivity index (χ1) is 9.90. The Bertz CT molecular complexity index is 729. The number of nitrogens with zero attached hydrogens (tertiary/aromatic N) is 1. The van der Waals surface area contributed by atoms with Crippen LogP contribution in [-0.4, -0.2) is 16.0 Å². The number of ether oxygens (including phenoxy) is 1. The number of carboxylic acids is 1. The minimum atomic E-state index is -1.33. The summed E-state index contributed by atoms with van der Waals surface area (Å²) in [5.74, 6) is -2.47. The average molecular weight is 291 g/mol. The summed E-state index contributed by atoms with van der Waals surface area (Å²) in [6, 6.07) is 7.41. The molecule has 0 aliphatic carbocycles. The topological polar surface area (TPSA) is 89.7 Å². The number of benzene rings is 2. The number of hydrogen-bond acceptors (Lipinski definition) is 4. The number of rotatable bonds is 4. The lowest BCUT2D eigenvalue weighted by atomic mass is 10.1. The normalized spacial score (nSPS) is 10.2. The molecule has 0 radical (unpaired) electrons. The van der Waals surface area contributed by atoms with Crippen LogP contribution in [0.3, 0.4) is 0 Å². The Labute approximate surface area is 118 Å². The minimum Gasteiger partial charge on any atom is -0.478 e. The average Bonchev–Trinajstić information content (AvgIpc) is 2.43. The van der Waals surface area contributed by atoms with E-state index in [-0.39, 0.29) is 22.7 Å². The molecule has 0 aliphatic rings. The zero-order chi connectivity index (χ0) is 15.6. The first-order valence-electron chi connectivity index (χ1n) is 5.85. The number of nitro groups is 1. The fourth-order valence-electron chi connectivity index (χ4n) is 1.70. The van der Waals surface area contributed by atoms with Crippen LogP contribution >= 0.6 is 0 Å². The zero-order valence-electron chi connectivity index (χ0n) is 10.9. The molecule has 0 saturated carbocycles. The van der Waals surface area contributed by atoms with Crippen molar-refractivity contribution in [2.24, 2.45) is 0 Å². The van der Waals surface area contributed by atoms with Gasteiger partial charge in [-0.1, -0.05) is 12.1 Å². The molecule has 0 bridgehead atoms. The number of non-ortho nitro benzene ring substituents is 1. The minimum absolute atomic E-state index is 0.196. The molecule has 2 rings (SSSR count). The van der Waals surface area contributed by atoms with E-state index >= 15 is 0 Å². The van der Waals surface area contributed by atoms with E-state index in [2.05, 4.69) is 0 Å². The van der Waals surface area contributed by atoms with Crippen LogP contribution in [0, 0.1) is 22.9 Å². The van der Waals surface area contributed by atoms with Crippen molar-refractivity contribution in [1.29, 1.82) is 0 Å². The van der Waals surface area contributed by atoms with Crippen molar-refractivity contribution in [3.63, 3.8) is 0 Å². The van der Waals surface area contributed by atoms with Gasteiger partial charge >= 0.3 is 5.97 Å². The summed E-state index contributed by atoms with van der Waals surface area (Å²) in [4.78, 5) is 21.1. The van der Waals surface area contributed by atoms with Gasteiger partial charge in [0.05, 0.1) is 11.0 Å². The van der Waals surface area contributed by atoms with Crippen LogP contribution in [0.15, 0.2) is 36.4 Å². The quantitative estimate of drug-likeness (QED) is 0.687. The van der Waals surface area contributed by atoms with Gasteiger partial charge in [-0.3, -0.25) is 10.1 Å². The number of carboxylic acid groups (broad SMARTS) is 1. The van der Waals surface area contributed by atoms with Crippen LogP contribution < -0.4 is 4.74 Å². The summed E-state index contributed by atoms with van der Waals surface area (Å²) >= 11 is 0. The molecule has 0 saturated heterocycles. The molecule has 0 unspecified atom stereocenters. The third kappa shape index (κ3) is 2.97. The highest BCUT2D eigenvalue weighted by atomic mass is 19.1. The lowest BCUT2D eigenvalue weighted by molar-refractivity contribution is -0.384. The van der Waals surface area contributed by atoms with Crippen LogP contribution in [0.5, 0.6) is 11.5 Å². The molecule has 1 N–H and O–H groups in total. The molecule has 7 heteroatoms. The van der Waals surface area contributed by atoms with E-state index in [0.29, 0.717) is 5.56 Å². The van der Waals surface area contributed by atoms with E-state index in [4.69, 9.17) is 9.84 Å². The predicted octanol–water partition coefficient (Wildman–Crippen LogP) is 3.53. The summed E-state index contributed by atoms with van der Waals surface area (Å²) < 4.78 is 19.1. The Balaban J connectivity index is 2.51. The van der Waals surface area contributed by atoms with Gasteiger partial charge in [-0.25, -0.2) is 9.18 Å². The van der Waals surface area contributed by atoms with Crippen LogP contribution in [0.1, 0.15) is 15.9 Å². The van der Waals surface area contributed by atoms with Crippen LogP contribution in [0.2, 0.25) is 0 Å². The van der Waals surface area contributed by atoms with E-state index in [9.17, 15) is 19.3 Å². The highest BCUT2D eigenvalue weighted by Gasteiger charge is 2.18. The van der Waals surface area contributed by atoms with Gasteiger partial charge in [-0.2, -0.15) is 0 Å². The van der Waals surface area contributed by atoms with Crippen molar-refractivity contribution in [2.45, 2.75) is 6.92 Å². The van der Waals surface area contributed by atoms with Crippen molar-refractivity contribution >= 4 is 11.7 Å². The molecular weight excluding hydrogens is 281 g/mol. The highest BCUT2D eigenvalue weighted by Crippen LogP contribution is 2.31. The second-order valence-electron chi connectivity index (χ2n) is 4.23. The van der Waals surface area contributed by atoms with Crippen LogP contribution in [-0.2, 0) is 0 Å². The number of halogens is 1. The maximum absolute atomic E-state index is 13.9. The summed E-state index contributed by atoms with van der Waals surface area (Å²) in [6.07, 6.45) is 0. The van der Waals surface area contributed by atoms with E-state index in [1.54, 1.807) is 0 Å². The third-order valence-electron chi connectivity index (χ3n) is 2.78. The number of carbonyl (C=O) groups is 1. The smallest absolute Gasteiger partial charge is 0.339 e. The van der Waals surface area contributed by atoms with Gasteiger partial charge in [-0.05, 0) is 24.6 Å². The number of hydrogen-bond donors (Lipinski definition) is 1. The molecular formula is C14H10FNO5. The molecule has 2 aromatic rings. The molecule has 0 atom stereocenters. The summed E-state index contributed by atoms with van der Waals surface area (Å²) in [5.41, 5.74) is -0.320. The molecule has 0 fully saturated rings. The molecule has 0 spiro atoms. The van der Waals surface area contributed by atoms with Crippen molar-refractivity contribution in [1.82, 2.24) is 0 Å². The monoisotopic (exact) mass is 291 g/mol. The third-order valence-corrected chi connectivity index (χ3v) is 2.78. The fraction of sp³-hybridized carbons (Fsp3) is 0.0714. The molecule has 0 aliphatic heterocycles. The second kappa shape index (κ2) is 5.58. The first-order valence-corrected chi connectivity index (χ1v) is 5.85. The number of aromatic carboxylic acids is 1. The molecule has 2 aromatic carbocycles. The van der Waals surface area contributed by atoms with Gasteiger partial charge in [0.25, 0.3) is 5.69 Å². The first kappa shape index (κ1) is 14.4. The lowest BCUT2D eigenvalue weighted by Gasteiger charge is -2.10. The Hall–Kier alpha value is -2.96. The van der Waals surface area contributed by atoms with Crippen molar-refractivity contribution < 1.29 is 24.0 Å². The van der Waals surface area contributed by atoms with E-state index in [1.165, 1.54) is 25.1 Å². The van der Waals surface area contributed by atoms with E-state index < -0.39 is 16.7 Å². The van der Waals surface area contributed by atoms with Gasteiger partial charge in [0.15, 0.2) is 11.6 Å². The van der Waals surface area contributed by atoms with Crippen LogP contribution in [0.4, 0.5) is 10.1 Å². The molecule has 0 aromatic heterocycles. The van der Waals surface area contributed by atoms with E-state index in [1.807, 2.05) is 0 Å². The summed E-state index contributed by atoms with van der Waals surface area (Å²) in [7, 11) is 0. The molecule has 0 amide bonds. The highest BCUT2D eigenvalue weighted by molar-refractivity contribution is 5.91. The zero-order valence-corrected chi connectivity index (χ0v) is 10.9. The Morgan fingerprint density at radius 3 is 2.62 bits per heavy atom. The largest absolute Gasteiger partial charge is 0.478 e. The van der Waals surface area contributed by atoms with Crippen molar-refractivity contribution in [2.75, 3.05) is 0 Å². The maximum atomic E-state index is 13.9. The lowest BCUT2D eigenvalue weighted by Crippen LogP contribution is -2.02. The molecule has 108 valence electrons. The molecule has 0 heterocycles. The van der Waals surface area contributed by atoms with E-state index in [0.717, 1.165) is 18.2 Å². The van der Waals surface area contributed by atoms with Gasteiger partial charge < -0.3 is 9.84 Å². The Morgan fingerprint density at radius 2 is 2.00 bits per heavy atom. The van der Waals surface area contributed by atoms with Crippen molar-refractivity contribution in [3.05, 3.63) is 63.5 Å². The fourth-order valence-corrected chi connectivity index (χ4v) is 1.70. The standard InChI is InChI=1S/C14H10FNO5/c1-8-3-2-4-11(13(8)15)21-12-7-9(16(19)20)5-6-10(12)14(17)18/h2-7H,1H3,(H,17,18). The Kier molecular flexibility index (Phi) is 3.84. The van der Waals surface area contributed by atoms with Gasteiger partial charge in [-0.15, -0.1) is 0 Å². The maximum Gasteiger partial charge on any atom is 0.339 e. The van der Waals surface area contributed by atoms with Gasteiger partial charge in [0.2, 0.25) is 0 Å². The second-order valence-corrected chi connectivity index (χ2v) is 4.23. The van der Waals surface area contributed by atoms with Gasteiger partial charge in [0, 0.05) is 6.07 Å². The summed E-state index contributed by atoms with van der Waals surface area (Å²) in [6.45, 7) is 1.52. The Morgan fingerprint density at radius 1 is 1.29 bits per heavy atom. The van der Waals surface area contributed by atoms with Crippen molar-refractivity contribution in [3.8, 4) is 11.5 Å². The SMILES string of the molecule is Cc1cccc(Oc2cc([N+](=O)[O-])ccc2C(=O)O)c1F. The summed E-state index contributed by atoms with van der Waals surface area (Å²) in [5, 5.41) is 19.8. The number of aryl methyl sites for hydroxylation is 1. The number of nitro benzene ring substituents is 1. The molecule has 21 heavy (non-hydrogen) atoms. The van der Waals surface area contributed by atoms with Crippen LogP contribution in [0.25, 0.3) is 0 Å². The van der Waals surface area contributed by atoms with Gasteiger partial charge in [0.1, 0.15) is 11.3 Å².